The number of nitrogens with zero attached hydrogens (tertiary/aromatic N) is 5. The molecule has 1 amide bonds. The minimum absolute atomic E-state index is 0.147. The Morgan fingerprint density at radius 1 is 1.14 bits per heavy atom. The first-order valence-electron chi connectivity index (χ1n) is 15.2. The van der Waals surface area contributed by atoms with E-state index in [0.29, 0.717) is 34.5 Å². The molecule has 1 aromatic carbocycles. The molecule has 2 atom stereocenters. The van der Waals surface area contributed by atoms with Gasteiger partial charge in [0, 0.05) is 68.1 Å². The number of hydrogen-bond donors (Lipinski definition) is 2. The molecule has 2 N–H and O–H groups in total. The van der Waals surface area contributed by atoms with Crippen molar-refractivity contribution in [2.45, 2.75) is 77.7 Å². The number of halogens is 1. The van der Waals surface area contributed by atoms with Gasteiger partial charge in [-0.15, -0.1) is 0 Å². The smallest absolute Gasteiger partial charge is 0.254 e. The molecular formula is C32H43ClN6O4. The number of benzene rings is 1. The number of ether oxygens (including phenoxy) is 2. The van der Waals surface area contributed by atoms with Crippen molar-refractivity contribution in [2.24, 2.45) is 10.8 Å². The van der Waals surface area contributed by atoms with Crippen LogP contribution in [0.15, 0.2) is 30.6 Å². The quantitative estimate of drug-likeness (QED) is 0.433. The second kappa shape index (κ2) is 12.9. The fourth-order valence-corrected chi connectivity index (χ4v) is 7.42. The molecule has 0 radical (unpaired) electrons. The fourth-order valence-electron chi connectivity index (χ4n) is 7.20. The normalized spacial score (nSPS) is 26.7. The summed E-state index contributed by atoms with van der Waals surface area (Å²) in [5.41, 5.74) is 0.104. The third-order valence-corrected chi connectivity index (χ3v) is 9.66. The van der Waals surface area contributed by atoms with E-state index in [0.717, 1.165) is 58.4 Å². The molecule has 1 saturated heterocycles. The van der Waals surface area contributed by atoms with Crippen molar-refractivity contribution in [3.05, 3.63) is 46.7 Å². The molecule has 3 fully saturated rings. The maximum Gasteiger partial charge on any atom is 0.254 e. The first kappa shape index (κ1) is 31.5. The SMILES string of the molecule is CC1(C)C(NC(=O)c2cnc(N3CCN(CCO[C@@H]4CCC[C@@H](O)C4)CC3)nc2)C(C)(C)C1Oc1ccc(C#N)c(Cl)c1. The lowest BCUT2D eigenvalue weighted by Gasteiger charge is -2.63. The number of aliphatic hydroxyl groups excluding tert-OH is 1. The van der Waals surface area contributed by atoms with Crippen molar-refractivity contribution in [3.8, 4) is 11.8 Å². The highest BCUT2D eigenvalue weighted by Gasteiger charge is 2.64. The van der Waals surface area contributed by atoms with Crippen LogP contribution in [-0.2, 0) is 4.74 Å². The summed E-state index contributed by atoms with van der Waals surface area (Å²) >= 11 is 6.21. The van der Waals surface area contributed by atoms with Crippen LogP contribution in [0.1, 0.15) is 69.3 Å². The number of rotatable bonds is 9. The molecule has 43 heavy (non-hydrogen) atoms. The van der Waals surface area contributed by atoms with E-state index in [9.17, 15) is 9.90 Å². The Balaban J connectivity index is 1.10. The number of aromatic nitrogens is 2. The van der Waals surface area contributed by atoms with Crippen molar-refractivity contribution >= 4 is 23.5 Å². The van der Waals surface area contributed by atoms with Crippen molar-refractivity contribution in [1.29, 1.82) is 5.26 Å². The highest BCUT2D eigenvalue weighted by Crippen LogP contribution is 2.55. The molecule has 0 spiro atoms. The van der Waals surface area contributed by atoms with E-state index in [1.807, 2.05) is 0 Å². The van der Waals surface area contributed by atoms with Crippen LogP contribution >= 0.6 is 11.6 Å². The average molecular weight is 611 g/mol. The maximum atomic E-state index is 13.2. The van der Waals surface area contributed by atoms with Gasteiger partial charge in [-0.3, -0.25) is 9.69 Å². The maximum absolute atomic E-state index is 13.2. The van der Waals surface area contributed by atoms with Gasteiger partial charge in [-0.1, -0.05) is 39.3 Å². The highest BCUT2D eigenvalue weighted by molar-refractivity contribution is 6.31. The topological polar surface area (TPSA) is 124 Å². The van der Waals surface area contributed by atoms with Gasteiger partial charge in [0.1, 0.15) is 17.9 Å². The van der Waals surface area contributed by atoms with Crippen LogP contribution in [0.4, 0.5) is 5.95 Å². The van der Waals surface area contributed by atoms with E-state index < -0.39 is 0 Å². The van der Waals surface area contributed by atoms with Gasteiger partial charge >= 0.3 is 0 Å². The number of carbonyl (C=O) groups is 1. The lowest BCUT2D eigenvalue weighted by molar-refractivity contribution is -0.164. The molecule has 5 rings (SSSR count). The van der Waals surface area contributed by atoms with E-state index in [1.165, 1.54) is 0 Å². The molecule has 2 saturated carbocycles. The molecule has 3 aliphatic rings. The molecule has 11 heteroatoms. The largest absolute Gasteiger partial charge is 0.489 e. The number of amides is 1. The summed E-state index contributed by atoms with van der Waals surface area (Å²) in [6, 6.07) is 6.98. The first-order chi connectivity index (χ1) is 20.5. The summed E-state index contributed by atoms with van der Waals surface area (Å²) in [6.45, 7) is 13.3. The van der Waals surface area contributed by atoms with Crippen LogP contribution < -0.4 is 15.0 Å². The zero-order valence-electron chi connectivity index (χ0n) is 25.6. The Hall–Kier alpha value is -2.97. The number of anilines is 1. The van der Waals surface area contributed by atoms with Crippen LogP contribution in [0, 0.1) is 22.2 Å². The molecule has 1 aliphatic heterocycles. The second-order valence-electron chi connectivity index (χ2n) is 13.2. The summed E-state index contributed by atoms with van der Waals surface area (Å²) in [5.74, 6) is 1.01. The van der Waals surface area contributed by atoms with Gasteiger partial charge in [-0.05, 0) is 37.8 Å². The predicted molar refractivity (Wildman–Crippen MR) is 164 cm³/mol. The lowest BCUT2D eigenvalue weighted by atomic mass is 9.49. The van der Waals surface area contributed by atoms with E-state index in [1.54, 1.807) is 30.6 Å². The van der Waals surface area contributed by atoms with E-state index in [4.69, 9.17) is 26.3 Å². The number of hydrogen-bond acceptors (Lipinski definition) is 9. The number of aliphatic hydroxyl groups is 1. The monoisotopic (exact) mass is 610 g/mol. The average Bonchev–Trinajstić information content (AvgIpc) is 2.99. The highest BCUT2D eigenvalue weighted by atomic mass is 35.5. The number of carbonyl (C=O) groups excluding carboxylic acids is 1. The molecule has 1 aromatic heterocycles. The third-order valence-electron chi connectivity index (χ3n) is 9.34. The predicted octanol–water partition coefficient (Wildman–Crippen LogP) is 4.06. The van der Waals surface area contributed by atoms with Gasteiger partial charge < -0.3 is 24.8 Å². The zero-order valence-corrected chi connectivity index (χ0v) is 26.3. The van der Waals surface area contributed by atoms with Crippen LogP contribution in [0.25, 0.3) is 0 Å². The van der Waals surface area contributed by atoms with Gasteiger partial charge in [-0.2, -0.15) is 5.26 Å². The van der Waals surface area contributed by atoms with Crippen LogP contribution in [0.3, 0.4) is 0 Å². The Bertz CT molecular complexity index is 1310. The number of nitrogens with one attached hydrogen (secondary N) is 1. The summed E-state index contributed by atoms with van der Waals surface area (Å²) in [6.07, 6.45) is 6.69. The molecule has 0 unspecified atom stereocenters. The Morgan fingerprint density at radius 3 is 2.47 bits per heavy atom. The van der Waals surface area contributed by atoms with Crippen molar-refractivity contribution < 1.29 is 19.4 Å². The number of nitriles is 1. The summed E-state index contributed by atoms with van der Waals surface area (Å²) in [4.78, 5) is 26.8. The van der Waals surface area contributed by atoms with Gasteiger partial charge in [0.15, 0.2) is 0 Å². The summed E-state index contributed by atoms with van der Waals surface area (Å²) in [7, 11) is 0. The van der Waals surface area contributed by atoms with Gasteiger partial charge in [0.25, 0.3) is 5.91 Å². The fraction of sp³-hybridized carbons (Fsp3) is 0.625. The van der Waals surface area contributed by atoms with Crippen molar-refractivity contribution in [1.82, 2.24) is 20.2 Å². The molecule has 232 valence electrons. The van der Waals surface area contributed by atoms with Crippen molar-refractivity contribution in [3.63, 3.8) is 0 Å². The minimum atomic E-state index is -0.358. The van der Waals surface area contributed by atoms with Crippen LogP contribution in [-0.4, -0.2) is 89.6 Å². The molecule has 2 aromatic rings. The van der Waals surface area contributed by atoms with Crippen LogP contribution in [0.2, 0.25) is 5.02 Å². The first-order valence-corrected chi connectivity index (χ1v) is 15.6. The molecule has 2 heterocycles. The van der Waals surface area contributed by atoms with Crippen molar-refractivity contribution in [2.75, 3.05) is 44.2 Å². The summed E-state index contributed by atoms with van der Waals surface area (Å²) in [5, 5.41) is 22.5. The Morgan fingerprint density at radius 2 is 1.84 bits per heavy atom. The Labute approximate surface area is 259 Å². The Kier molecular flexibility index (Phi) is 9.47. The summed E-state index contributed by atoms with van der Waals surface area (Å²) < 4.78 is 12.3. The van der Waals surface area contributed by atoms with Crippen LogP contribution in [0.5, 0.6) is 5.75 Å². The second-order valence-corrected chi connectivity index (χ2v) is 13.6. The third kappa shape index (κ3) is 6.91. The van der Waals surface area contributed by atoms with E-state index in [-0.39, 0.29) is 41.1 Å². The number of piperazine rings is 1. The van der Waals surface area contributed by atoms with E-state index in [2.05, 4.69) is 58.8 Å². The van der Waals surface area contributed by atoms with Gasteiger partial charge in [-0.25, -0.2) is 9.97 Å². The molecule has 2 aliphatic carbocycles. The minimum Gasteiger partial charge on any atom is -0.489 e. The molecule has 0 bridgehead atoms. The lowest BCUT2D eigenvalue weighted by Crippen LogP contribution is -2.74. The van der Waals surface area contributed by atoms with Gasteiger partial charge in [0.2, 0.25) is 5.95 Å². The standard InChI is InChI=1S/C32H43ClN6O4/c1-31(2)28(32(3,4)29(31)43-25-9-8-21(18-34)26(33)17-25)37-27(41)22-19-35-30(36-20-22)39-12-10-38(11-13-39)14-15-42-24-7-5-6-23(40)16-24/h8-9,17,19-20,23-24,28-29,40H,5-7,10-16H2,1-4H3,(H,37,41)/t23-,24-,28?,29?/m1/s1. The molecular weight excluding hydrogens is 568 g/mol. The van der Waals surface area contributed by atoms with E-state index >= 15 is 0 Å². The molecule has 10 nitrogen and oxygen atoms in total. The zero-order chi connectivity index (χ0) is 30.8. The van der Waals surface area contributed by atoms with Gasteiger partial charge in [0.05, 0.1) is 35.0 Å².